The molecule has 1 aromatic heterocycles. The summed E-state index contributed by atoms with van der Waals surface area (Å²) in [6, 6.07) is 11.4. The van der Waals surface area contributed by atoms with E-state index in [0.717, 1.165) is 10.4 Å². The van der Waals surface area contributed by atoms with Crippen LogP contribution in [0.3, 0.4) is 0 Å². The molecule has 1 heterocycles. The van der Waals surface area contributed by atoms with Crippen molar-refractivity contribution in [2.24, 2.45) is 17.6 Å². The van der Waals surface area contributed by atoms with Gasteiger partial charge in [0.15, 0.2) is 22.3 Å². The summed E-state index contributed by atoms with van der Waals surface area (Å²) in [7, 11) is 2.97. The summed E-state index contributed by atoms with van der Waals surface area (Å²) >= 11 is 1.33. The van der Waals surface area contributed by atoms with Crippen LogP contribution in [0.2, 0.25) is 0 Å². The van der Waals surface area contributed by atoms with Crippen LogP contribution in [0.4, 0.5) is 10.8 Å². The summed E-state index contributed by atoms with van der Waals surface area (Å²) in [5, 5.41) is 60.8. The highest BCUT2D eigenvalue weighted by Gasteiger charge is 2.67. The van der Waals surface area contributed by atoms with Crippen LogP contribution in [-0.4, -0.2) is 84.7 Å². The maximum Gasteiger partial charge on any atom is 0.255 e. The van der Waals surface area contributed by atoms with Crippen LogP contribution in [0.5, 0.6) is 5.75 Å². The summed E-state index contributed by atoms with van der Waals surface area (Å²) in [4.78, 5) is 46.4. The van der Waals surface area contributed by atoms with Gasteiger partial charge in [-0.15, -0.1) is 0 Å². The molecule has 1 amide bonds. The first-order chi connectivity index (χ1) is 20.8. The van der Waals surface area contributed by atoms with Gasteiger partial charge in [-0.05, 0) is 37.2 Å². The average molecular weight is 619 g/mol. The molecule has 3 aliphatic carbocycles. The number of phenolic OH excluding ortho intramolecular Hbond substituents is 1. The van der Waals surface area contributed by atoms with Crippen LogP contribution in [-0.2, 0) is 9.59 Å². The number of rotatable bonds is 5. The zero-order valence-electron chi connectivity index (χ0n) is 23.8. The number of nitrogens with two attached hydrogens (primary N) is 1. The SMILES string of the molecule is C[C@@H]1c2ccc(Nc3ncc(-c4ccccc4)s3)c(O)c2C(=O)C2=C(O)[C@@]3(O)C(=O)C(C(N)=O)=C(O)[C@H](N(C)C)[C@H]3[C@H](O)[C@H]21. The van der Waals surface area contributed by atoms with E-state index in [1.807, 2.05) is 30.3 Å². The minimum absolute atomic E-state index is 0.148. The first-order valence-electron chi connectivity index (χ1n) is 13.8. The van der Waals surface area contributed by atoms with Gasteiger partial charge in [0.25, 0.3) is 5.91 Å². The minimum Gasteiger partial charge on any atom is -0.510 e. The number of thiazole rings is 1. The molecule has 0 bridgehead atoms. The molecule has 44 heavy (non-hydrogen) atoms. The third-order valence-corrected chi connectivity index (χ3v) is 9.90. The van der Waals surface area contributed by atoms with Crippen molar-refractivity contribution in [2.45, 2.75) is 30.6 Å². The summed E-state index contributed by atoms with van der Waals surface area (Å²) in [5.74, 6) is -9.36. The molecule has 0 radical (unpaired) electrons. The lowest BCUT2D eigenvalue weighted by atomic mass is 9.55. The maximum atomic E-state index is 14.1. The van der Waals surface area contributed by atoms with Gasteiger partial charge in [0, 0.05) is 17.7 Å². The number of nitrogens with one attached hydrogen (secondary N) is 1. The number of carbonyl (C=O) groups is 3. The summed E-state index contributed by atoms with van der Waals surface area (Å²) in [6.07, 6.45) is 0.0194. The number of primary amides is 1. The minimum atomic E-state index is -2.97. The van der Waals surface area contributed by atoms with Crippen molar-refractivity contribution >= 4 is 39.6 Å². The number of aromatic hydroxyl groups is 1. The second kappa shape index (κ2) is 10.3. The number of aliphatic hydroxyl groups is 4. The van der Waals surface area contributed by atoms with Gasteiger partial charge >= 0.3 is 0 Å². The number of Topliss-reactive ketones (excluding diaryl/α,β-unsaturated/α-hetero) is 2. The standard InChI is InChI=1S/C31H30N4O8S/c1-12-14-9-10-15(34-30-33-11-16(44-30)13-7-5-4-6-8-13)23(36)18(14)24(37)19-17(12)25(38)21-22(35(2)3)26(39)20(29(32)42)28(41)31(21,43)27(19)40/h4-12,17,21-22,25,36,38-40,43H,1-3H3,(H2,32,42)(H,33,34)/t12-,17+,21+,22-,25-,31-/m1/s1. The number of aromatic nitrogens is 1. The Morgan fingerprint density at radius 2 is 1.77 bits per heavy atom. The first kappa shape index (κ1) is 29.5. The van der Waals surface area contributed by atoms with Crippen molar-refractivity contribution in [3.8, 4) is 16.2 Å². The Bertz CT molecular complexity index is 1800. The van der Waals surface area contributed by atoms with Crippen LogP contribution < -0.4 is 11.1 Å². The number of hydrogen-bond donors (Lipinski definition) is 7. The molecule has 228 valence electrons. The predicted octanol–water partition coefficient (Wildman–Crippen LogP) is 2.52. The van der Waals surface area contributed by atoms with Crippen LogP contribution in [0.25, 0.3) is 10.4 Å². The topological polar surface area (TPSA) is 207 Å². The van der Waals surface area contributed by atoms with E-state index in [-0.39, 0.29) is 11.3 Å². The number of benzene rings is 2. The molecule has 12 nitrogen and oxygen atoms in total. The van der Waals surface area contributed by atoms with Gasteiger partial charge in [-0.2, -0.15) is 0 Å². The normalized spacial score (nSPS) is 28.1. The van der Waals surface area contributed by atoms with E-state index in [1.165, 1.54) is 30.3 Å². The maximum absolute atomic E-state index is 14.1. The van der Waals surface area contributed by atoms with E-state index < -0.39 is 81.4 Å². The molecule has 0 fully saturated rings. The Labute approximate surface area is 255 Å². The van der Waals surface area contributed by atoms with Gasteiger partial charge in [0.05, 0.1) is 34.2 Å². The van der Waals surface area contributed by atoms with E-state index in [4.69, 9.17) is 5.73 Å². The number of nitrogens with zero attached hydrogens (tertiary/aromatic N) is 2. The van der Waals surface area contributed by atoms with Crippen LogP contribution in [0.1, 0.15) is 28.8 Å². The second-order valence-electron chi connectivity index (χ2n) is 11.5. The van der Waals surface area contributed by atoms with E-state index in [1.54, 1.807) is 25.3 Å². The zero-order chi connectivity index (χ0) is 31.8. The number of aliphatic hydroxyl groups excluding tert-OH is 3. The highest BCUT2D eigenvalue weighted by molar-refractivity contribution is 7.19. The molecule has 2 aromatic carbocycles. The second-order valence-corrected chi connectivity index (χ2v) is 12.5. The lowest BCUT2D eigenvalue weighted by Gasteiger charge is -2.53. The fourth-order valence-electron chi connectivity index (χ4n) is 6.91. The molecular formula is C31H30N4O8S. The molecule has 0 saturated heterocycles. The third kappa shape index (κ3) is 4.00. The quantitative estimate of drug-likeness (QED) is 0.163. The van der Waals surface area contributed by atoms with Gasteiger partial charge in [0.2, 0.25) is 5.78 Å². The van der Waals surface area contributed by atoms with Crippen LogP contribution in [0, 0.1) is 11.8 Å². The molecule has 0 aliphatic heterocycles. The predicted molar refractivity (Wildman–Crippen MR) is 161 cm³/mol. The third-order valence-electron chi connectivity index (χ3n) is 8.94. The Kier molecular flexibility index (Phi) is 6.89. The molecule has 6 rings (SSSR count). The summed E-state index contributed by atoms with van der Waals surface area (Å²) < 4.78 is 0. The lowest BCUT2D eigenvalue weighted by Crippen LogP contribution is -2.68. The fourth-order valence-corrected chi connectivity index (χ4v) is 7.74. The Balaban J connectivity index is 1.46. The lowest BCUT2D eigenvalue weighted by molar-refractivity contribution is -0.162. The van der Waals surface area contributed by atoms with Gasteiger partial charge in [0.1, 0.15) is 17.1 Å². The van der Waals surface area contributed by atoms with E-state index in [2.05, 4.69) is 10.3 Å². The van der Waals surface area contributed by atoms with Gasteiger partial charge in [-0.3, -0.25) is 19.3 Å². The Morgan fingerprint density at radius 3 is 2.41 bits per heavy atom. The number of anilines is 2. The van der Waals surface area contributed by atoms with E-state index in [9.17, 15) is 39.9 Å². The first-order valence-corrected chi connectivity index (χ1v) is 14.6. The van der Waals surface area contributed by atoms with Gasteiger partial charge < -0.3 is 36.6 Å². The molecule has 8 N–H and O–H groups in total. The van der Waals surface area contributed by atoms with E-state index >= 15 is 0 Å². The molecular weight excluding hydrogens is 588 g/mol. The molecule has 0 unspecified atom stereocenters. The molecule has 6 atom stereocenters. The molecule has 3 aliphatic rings. The average Bonchev–Trinajstić information content (AvgIpc) is 3.45. The number of ketones is 2. The Morgan fingerprint density at radius 1 is 1.09 bits per heavy atom. The zero-order valence-corrected chi connectivity index (χ0v) is 24.7. The largest absolute Gasteiger partial charge is 0.510 e. The number of fused-ring (bicyclic) bond motifs is 3. The number of amides is 1. The summed E-state index contributed by atoms with van der Waals surface area (Å²) in [6.45, 7) is 1.68. The van der Waals surface area contributed by atoms with Crippen LogP contribution in [0.15, 0.2) is 71.3 Å². The molecule has 0 saturated carbocycles. The monoisotopic (exact) mass is 618 g/mol. The number of phenols is 1. The summed E-state index contributed by atoms with van der Waals surface area (Å²) in [5.41, 5.74) is 2.28. The molecule has 0 spiro atoms. The molecule has 3 aromatic rings. The van der Waals surface area contributed by atoms with E-state index in [0.29, 0.717) is 10.7 Å². The number of carbonyl (C=O) groups excluding carboxylic acids is 3. The van der Waals surface area contributed by atoms with Crippen molar-refractivity contribution in [1.82, 2.24) is 9.88 Å². The number of likely N-dealkylation sites (N-methyl/N-ethyl adjacent to an activating group) is 1. The Hall–Kier alpha value is -4.56. The highest BCUT2D eigenvalue weighted by Crippen LogP contribution is 2.56. The van der Waals surface area contributed by atoms with Crippen molar-refractivity contribution < 1.29 is 39.9 Å². The fraction of sp³-hybridized carbons (Fsp3) is 0.290. The highest BCUT2D eigenvalue weighted by atomic mass is 32.1. The van der Waals surface area contributed by atoms with Gasteiger partial charge in [-0.25, -0.2) is 4.98 Å². The van der Waals surface area contributed by atoms with Crippen molar-refractivity contribution in [3.63, 3.8) is 0 Å². The smallest absolute Gasteiger partial charge is 0.255 e. The van der Waals surface area contributed by atoms with Crippen molar-refractivity contribution in [3.05, 3.63) is 82.5 Å². The van der Waals surface area contributed by atoms with Crippen molar-refractivity contribution in [1.29, 1.82) is 0 Å². The van der Waals surface area contributed by atoms with Crippen molar-refractivity contribution in [2.75, 3.05) is 19.4 Å². The van der Waals surface area contributed by atoms with Gasteiger partial charge in [-0.1, -0.05) is 54.7 Å². The molecule has 13 heteroatoms. The van der Waals surface area contributed by atoms with Crippen LogP contribution >= 0.6 is 11.3 Å². The number of hydrogen-bond acceptors (Lipinski definition) is 12.